The van der Waals surface area contributed by atoms with Crippen LogP contribution < -0.4 is 10.1 Å². The number of benzene rings is 1. The molecule has 17 heavy (non-hydrogen) atoms. The minimum Gasteiger partial charge on any atom is -0.504 e. The highest BCUT2D eigenvalue weighted by Crippen LogP contribution is 2.28. The Bertz CT molecular complexity index is 417. The molecule has 0 bridgehead atoms. The number of methoxy groups -OCH3 is 1. The van der Waals surface area contributed by atoms with Crippen molar-refractivity contribution in [2.24, 2.45) is 0 Å². The summed E-state index contributed by atoms with van der Waals surface area (Å²) in [6, 6.07) is 3.57. The zero-order valence-corrected chi connectivity index (χ0v) is 9.51. The van der Waals surface area contributed by atoms with Crippen LogP contribution >= 0.6 is 0 Å². The fourth-order valence-electron chi connectivity index (χ4n) is 1.42. The lowest BCUT2D eigenvalue weighted by molar-refractivity contribution is -0.139. The van der Waals surface area contributed by atoms with E-state index in [0.717, 1.165) is 0 Å². The lowest BCUT2D eigenvalue weighted by atomic mass is 10.1. The van der Waals surface area contributed by atoms with Crippen molar-refractivity contribution >= 4 is 5.97 Å². The van der Waals surface area contributed by atoms with Gasteiger partial charge in [0.15, 0.2) is 11.5 Å². The molecular weight excluding hydrogens is 222 g/mol. The summed E-state index contributed by atoms with van der Waals surface area (Å²) in [6.07, 6.45) is 1.58. The van der Waals surface area contributed by atoms with Crippen molar-refractivity contribution in [1.29, 1.82) is 0 Å². The lowest BCUT2D eigenvalue weighted by Crippen LogP contribution is -2.28. The van der Waals surface area contributed by atoms with Gasteiger partial charge in [-0.05, 0) is 17.7 Å². The summed E-state index contributed by atoms with van der Waals surface area (Å²) in [5.41, 5.74) is 0.508. The van der Waals surface area contributed by atoms with E-state index in [9.17, 15) is 9.90 Å². The number of ether oxygens (including phenoxy) is 1. The molecule has 1 unspecified atom stereocenters. The van der Waals surface area contributed by atoms with Crippen LogP contribution in [0.15, 0.2) is 30.9 Å². The second-order valence-electron chi connectivity index (χ2n) is 3.40. The number of carbonyl (C=O) groups is 1. The van der Waals surface area contributed by atoms with E-state index in [1.165, 1.54) is 25.3 Å². The first-order valence-corrected chi connectivity index (χ1v) is 5.04. The minimum atomic E-state index is -1.00. The van der Waals surface area contributed by atoms with Crippen molar-refractivity contribution in [2.45, 2.75) is 6.04 Å². The summed E-state index contributed by atoms with van der Waals surface area (Å²) in [7, 11) is 1.41. The first-order chi connectivity index (χ1) is 8.10. The average Bonchev–Trinajstić information content (AvgIpc) is 2.31. The van der Waals surface area contributed by atoms with E-state index >= 15 is 0 Å². The quantitative estimate of drug-likeness (QED) is 0.650. The van der Waals surface area contributed by atoms with Crippen LogP contribution in [-0.2, 0) is 4.79 Å². The Balaban J connectivity index is 3.01. The second-order valence-corrected chi connectivity index (χ2v) is 3.40. The van der Waals surface area contributed by atoms with Crippen LogP contribution in [0, 0.1) is 0 Å². The maximum atomic E-state index is 11.1. The number of aliphatic carboxylic acids is 1. The molecule has 0 saturated carbocycles. The molecule has 5 nitrogen and oxygen atoms in total. The predicted molar refractivity (Wildman–Crippen MR) is 63.2 cm³/mol. The summed E-state index contributed by atoms with van der Waals surface area (Å²) in [6.45, 7) is 3.89. The Hall–Kier alpha value is -2.01. The number of carboxylic acids is 1. The summed E-state index contributed by atoms with van der Waals surface area (Å²) >= 11 is 0. The first-order valence-electron chi connectivity index (χ1n) is 5.04. The Morgan fingerprint density at radius 3 is 2.88 bits per heavy atom. The molecular formula is C12H15NO4. The molecule has 92 valence electrons. The monoisotopic (exact) mass is 237 g/mol. The number of phenolic OH excluding ortho intramolecular Hbond substituents is 1. The topological polar surface area (TPSA) is 78.8 Å². The number of hydrogen-bond donors (Lipinski definition) is 3. The van der Waals surface area contributed by atoms with Gasteiger partial charge < -0.3 is 14.9 Å². The van der Waals surface area contributed by atoms with Crippen LogP contribution in [-0.4, -0.2) is 29.8 Å². The first kappa shape index (κ1) is 13.1. The van der Waals surface area contributed by atoms with E-state index in [4.69, 9.17) is 9.84 Å². The van der Waals surface area contributed by atoms with Gasteiger partial charge in [-0.15, -0.1) is 6.58 Å². The molecule has 1 aromatic rings. The molecule has 0 aliphatic heterocycles. The van der Waals surface area contributed by atoms with E-state index in [1.54, 1.807) is 6.08 Å². The number of phenols is 1. The van der Waals surface area contributed by atoms with Crippen molar-refractivity contribution in [3.63, 3.8) is 0 Å². The molecule has 0 aliphatic rings. The predicted octanol–water partition coefficient (Wildman–Crippen LogP) is 1.30. The Morgan fingerprint density at radius 1 is 1.65 bits per heavy atom. The van der Waals surface area contributed by atoms with Crippen molar-refractivity contribution in [3.8, 4) is 11.5 Å². The molecule has 0 spiro atoms. The largest absolute Gasteiger partial charge is 0.504 e. The van der Waals surface area contributed by atoms with Gasteiger partial charge in [-0.3, -0.25) is 10.1 Å². The summed E-state index contributed by atoms with van der Waals surface area (Å²) in [4.78, 5) is 11.1. The van der Waals surface area contributed by atoms with E-state index in [1.807, 2.05) is 0 Å². The fourth-order valence-corrected chi connectivity index (χ4v) is 1.42. The van der Waals surface area contributed by atoms with Gasteiger partial charge >= 0.3 is 5.97 Å². The number of hydrogen-bond acceptors (Lipinski definition) is 4. The van der Waals surface area contributed by atoms with Crippen LogP contribution in [0.2, 0.25) is 0 Å². The van der Waals surface area contributed by atoms with Crippen LogP contribution in [0.25, 0.3) is 0 Å². The minimum absolute atomic E-state index is 0.0240. The van der Waals surface area contributed by atoms with Crippen LogP contribution in [0.3, 0.4) is 0 Å². The fraction of sp³-hybridized carbons (Fsp3) is 0.250. The molecule has 0 fully saturated rings. The second kappa shape index (κ2) is 5.91. The Morgan fingerprint density at radius 2 is 2.35 bits per heavy atom. The Labute approximate surface area is 99.3 Å². The molecule has 0 saturated heterocycles. The van der Waals surface area contributed by atoms with Crippen molar-refractivity contribution < 1.29 is 19.7 Å². The summed E-state index contributed by atoms with van der Waals surface area (Å²) < 4.78 is 4.93. The number of rotatable bonds is 6. The number of nitrogens with one attached hydrogen (secondary N) is 1. The normalized spacial score (nSPS) is 11.8. The van der Waals surface area contributed by atoms with Gasteiger partial charge in [-0.25, -0.2) is 0 Å². The standard InChI is InChI=1S/C12H15NO4/c1-3-6-13-11(12(15)16)8-4-5-9(14)10(7-8)17-2/h3-5,7,11,13-14H,1,6H2,2H3,(H,15,16). The zero-order valence-electron chi connectivity index (χ0n) is 9.51. The highest BCUT2D eigenvalue weighted by atomic mass is 16.5. The van der Waals surface area contributed by atoms with Crippen molar-refractivity contribution in [3.05, 3.63) is 36.4 Å². The van der Waals surface area contributed by atoms with E-state index in [0.29, 0.717) is 12.1 Å². The molecule has 1 rings (SSSR count). The third-order valence-electron chi connectivity index (χ3n) is 2.25. The van der Waals surface area contributed by atoms with Gasteiger partial charge in [0.1, 0.15) is 6.04 Å². The zero-order chi connectivity index (χ0) is 12.8. The van der Waals surface area contributed by atoms with Crippen molar-refractivity contribution in [1.82, 2.24) is 5.32 Å². The molecule has 0 aliphatic carbocycles. The molecule has 0 aromatic heterocycles. The van der Waals surface area contributed by atoms with Gasteiger partial charge in [-0.2, -0.15) is 0 Å². The molecule has 1 aromatic carbocycles. The van der Waals surface area contributed by atoms with Gasteiger partial charge in [0.25, 0.3) is 0 Å². The maximum Gasteiger partial charge on any atom is 0.325 e. The van der Waals surface area contributed by atoms with Crippen LogP contribution in [0.1, 0.15) is 11.6 Å². The lowest BCUT2D eigenvalue weighted by Gasteiger charge is -2.15. The molecule has 0 radical (unpaired) electrons. The van der Waals surface area contributed by atoms with E-state index in [2.05, 4.69) is 11.9 Å². The van der Waals surface area contributed by atoms with Gasteiger partial charge in [-0.1, -0.05) is 12.1 Å². The van der Waals surface area contributed by atoms with E-state index in [-0.39, 0.29) is 11.5 Å². The SMILES string of the molecule is C=CCNC(C(=O)O)c1ccc(O)c(OC)c1. The van der Waals surface area contributed by atoms with Crippen LogP contribution in [0.5, 0.6) is 11.5 Å². The van der Waals surface area contributed by atoms with Gasteiger partial charge in [0.2, 0.25) is 0 Å². The Kier molecular flexibility index (Phi) is 4.54. The third kappa shape index (κ3) is 3.22. The summed E-state index contributed by atoms with van der Waals surface area (Å²) in [5.74, 6) is -0.780. The molecule has 5 heteroatoms. The van der Waals surface area contributed by atoms with Gasteiger partial charge in [0, 0.05) is 6.54 Å². The number of aromatic hydroxyl groups is 1. The highest BCUT2D eigenvalue weighted by molar-refractivity contribution is 5.76. The van der Waals surface area contributed by atoms with Crippen molar-refractivity contribution in [2.75, 3.05) is 13.7 Å². The molecule has 3 N–H and O–H groups in total. The maximum absolute atomic E-state index is 11.1. The van der Waals surface area contributed by atoms with Gasteiger partial charge in [0.05, 0.1) is 7.11 Å². The number of carboxylic acid groups (broad SMARTS) is 1. The smallest absolute Gasteiger partial charge is 0.325 e. The average molecular weight is 237 g/mol. The van der Waals surface area contributed by atoms with E-state index < -0.39 is 12.0 Å². The highest BCUT2D eigenvalue weighted by Gasteiger charge is 2.19. The molecule has 0 heterocycles. The summed E-state index contributed by atoms with van der Waals surface area (Å²) in [5, 5.41) is 21.3. The molecule has 1 atom stereocenters. The third-order valence-corrected chi connectivity index (χ3v) is 2.25. The van der Waals surface area contributed by atoms with Crippen LogP contribution in [0.4, 0.5) is 0 Å². The molecule has 0 amide bonds.